The van der Waals surface area contributed by atoms with Crippen molar-refractivity contribution < 1.29 is 9.47 Å². The van der Waals surface area contributed by atoms with Crippen LogP contribution in [0.4, 0.5) is 0 Å². The molecule has 2 nitrogen and oxygen atoms in total. The van der Waals surface area contributed by atoms with E-state index in [-0.39, 0.29) is 0 Å². The van der Waals surface area contributed by atoms with E-state index in [4.69, 9.17) is 9.47 Å². The summed E-state index contributed by atoms with van der Waals surface area (Å²) in [4.78, 5) is 0. The van der Waals surface area contributed by atoms with Crippen molar-refractivity contribution in [1.82, 2.24) is 0 Å². The second-order valence-electron chi connectivity index (χ2n) is 6.31. The Morgan fingerprint density at radius 1 is 0.708 bits per heavy atom. The lowest BCUT2D eigenvalue weighted by Gasteiger charge is -2.28. The summed E-state index contributed by atoms with van der Waals surface area (Å²) >= 11 is 2.05. The molecule has 0 aliphatic carbocycles. The molecule has 128 valence electrons. The Morgan fingerprint density at radius 2 is 1.17 bits per heavy atom. The molecule has 1 fully saturated rings. The lowest BCUT2D eigenvalue weighted by molar-refractivity contribution is 0.110. The molecule has 3 heteroatoms. The monoisotopic (exact) mass is 342 g/mol. The minimum atomic E-state index is 0.604. The molecule has 0 bridgehead atoms. The summed E-state index contributed by atoms with van der Waals surface area (Å²) in [7, 11) is 0. The van der Waals surface area contributed by atoms with Gasteiger partial charge in [0.25, 0.3) is 0 Å². The van der Waals surface area contributed by atoms with Gasteiger partial charge in [-0.25, -0.2) is 0 Å². The standard InChI is InChI=1S/C21H26O2S/c1-3-8-18(9-4-1)14-22-16-20-12-7-13-21(24-20)17-23-15-19-10-5-2-6-11-19/h1-6,8-11,20-21H,7,12-17H2/t20-,21-/m1/s1. The Morgan fingerprint density at radius 3 is 1.62 bits per heavy atom. The summed E-state index contributed by atoms with van der Waals surface area (Å²) < 4.78 is 11.8. The molecule has 1 aliphatic rings. The SMILES string of the molecule is c1ccc(COC[C@H]2CCC[C@H](COCc3ccccc3)S2)cc1. The Bertz CT molecular complexity index is 521. The van der Waals surface area contributed by atoms with Gasteiger partial charge in [0, 0.05) is 10.5 Å². The molecule has 1 saturated heterocycles. The number of thioether (sulfide) groups is 1. The lowest BCUT2D eigenvalue weighted by atomic mass is 10.1. The van der Waals surface area contributed by atoms with Gasteiger partial charge in [0.2, 0.25) is 0 Å². The highest BCUT2D eigenvalue weighted by molar-refractivity contribution is 8.00. The lowest BCUT2D eigenvalue weighted by Crippen LogP contribution is -2.25. The van der Waals surface area contributed by atoms with Gasteiger partial charge >= 0.3 is 0 Å². The van der Waals surface area contributed by atoms with Crippen molar-refractivity contribution in [1.29, 1.82) is 0 Å². The molecule has 0 aromatic heterocycles. The maximum Gasteiger partial charge on any atom is 0.0717 e. The first kappa shape index (κ1) is 17.5. The molecule has 24 heavy (non-hydrogen) atoms. The fourth-order valence-electron chi connectivity index (χ4n) is 2.99. The number of hydrogen-bond acceptors (Lipinski definition) is 3. The zero-order chi connectivity index (χ0) is 16.5. The topological polar surface area (TPSA) is 18.5 Å². The van der Waals surface area contributed by atoms with Gasteiger partial charge in [-0.2, -0.15) is 11.8 Å². The summed E-state index contributed by atoms with van der Waals surface area (Å²) in [6, 6.07) is 20.8. The van der Waals surface area contributed by atoms with Crippen LogP contribution in [0.1, 0.15) is 30.4 Å². The van der Waals surface area contributed by atoms with E-state index in [1.807, 2.05) is 12.1 Å². The first-order valence-corrected chi connectivity index (χ1v) is 9.73. The van der Waals surface area contributed by atoms with Crippen LogP contribution < -0.4 is 0 Å². The second-order valence-corrected chi connectivity index (χ2v) is 7.92. The largest absolute Gasteiger partial charge is 0.376 e. The van der Waals surface area contributed by atoms with Crippen LogP contribution in [-0.4, -0.2) is 23.7 Å². The van der Waals surface area contributed by atoms with E-state index in [0.29, 0.717) is 23.7 Å². The number of hydrogen-bond donors (Lipinski definition) is 0. The highest BCUT2D eigenvalue weighted by Gasteiger charge is 2.22. The maximum absolute atomic E-state index is 5.92. The molecule has 2 aromatic rings. The summed E-state index contributed by atoms with van der Waals surface area (Å²) in [5, 5.41) is 1.21. The van der Waals surface area contributed by atoms with Gasteiger partial charge in [0.05, 0.1) is 26.4 Å². The third-order valence-electron chi connectivity index (χ3n) is 4.27. The molecule has 2 atom stereocenters. The van der Waals surface area contributed by atoms with Crippen molar-refractivity contribution in [2.24, 2.45) is 0 Å². The first-order chi connectivity index (χ1) is 11.9. The van der Waals surface area contributed by atoms with Crippen LogP contribution in [-0.2, 0) is 22.7 Å². The molecule has 0 saturated carbocycles. The molecule has 0 spiro atoms. The molecule has 2 aromatic carbocycles. The van der Waals surface area contributed by atoms with Crippen molar-refractivity contribution in [3.05, 3.63) is 71.8 Å². The minimum Gasteiger partial charge on any atom is -0.376 e. The molecule has 0 unspecified atom stereocenters. The van der Waals surface area contributed by atoms with E-state index < -0.39 is 0 Å². The zero-order valence-corrected chi connectivity index (χ0v) is 14.9. The normalized spacial score (nSPS) is 20.8. The van der Waals surface area contributed by atoms with Gasteiger partial charge < -0.3 is 9.47 Å². The van der Waals surface area contributed by atoms with Crippen molar-refractivity contribution in [3.63, 3.8) is 0 Å². The fourth-order valence-corrected chi connectivity index (χ4v) is 4.49. The molecule has 0 radical (unpaired) electrons. The number of rotatable bonds is 8. The van der Waals surface area contributed by atoms with Crippen molar-refractivity contribution in [2.75, 3.05) is 13.2 Å². The molecule has 0 N–H and O–H groups in total. The van der Waals surface area contributed by atoms with Crippen LogP contribution in [0.5, 0.6) is 0 Å². The van der Waals surface area contributed by atoms with E-state index in [0.717, 1.165) is 13.2 Å². The van der Waals surface area contributed by atoms with Crippen LogP contribution in [0.3, 0.4) is 0 Å². The van der Waals surface area contributed by atoms with Crippen LogP contribution in [0.15, 0.2) is 60.7 Å². The van der Waals surface area contributed by atoms with Crippen molar-refractivity contribution >= 4 is 11.8 Å². The van der Waals surface area contributed by atoms with E-state index in [1.165, 1.54) is 30.4 Å². The summed E-state index contributed by atoms with van der Waals surface area (Å²) in [6.07, 6.45) is 3.80. The average Bonchev–Trinajstić information content (AvgIpc) is 2.64. The van der Waals surface area contributed by atoms with Crippen molar-refractivity contribution in [3.8, 4) is 0 Å². The predicted molar refractivity (Wildman–Crippen MR) is 101 cm³/mol. The van der Waals surface area contributed by atoms with E-state index in [9.17, 15) is 0 Å². The Labute approximate surface area is 149 Å². The molecule has 1 heterocycles. The second kappa shape index (κ2) is 9.87. The van der Waals surface area contributed by atoms with E-state index in [2.05, 4.69) is 60.3 Å². The average molecular weight is 343 g/mol. The van der Waals surface area contributed by atoms with Crippen LogP contribution in [0, 0.1) is 0 Å². The van der Waals surface area contributed by atoms with Gasteiger partial charge in [-0.15, -0.1) is 0 Å². The quantitative estimate of drug-likeness (QED) is 0.667. The minimum absolute atomic E-state index is 0.604. The summed E-state index contributed by atoms with van der Waals surface area (Å²) in [6.45, 7) is 3.11. The third kappa shape index (κ3) is 5.97. The molecular formula is C21H26O2S. The maximum atomic E-state index is 5.92. The van der Waals surface area contributed by atoms with Gasteiger partial charge in [-0.05, 0) is 24.0 Å². The van der Waals surface area contributed by atoms with E-state index in [1.54, 1.807) is 0 Å². The van der Waals surface area contributed by atoms with Crippen LogP contribution in [0.2, 0.25) is 0 Å². The summed E-state index contributed by atoms with van der Waals surface area (Å²) in [5.41, 5.74) is 2.50. The van der Waals surface area contributed by atoms with Crippen LogP contribution in [0.25, 0.3) is 0 Å². The third-order valence-corrected chi connectivity index (χ3v) is 5.78. The Kier molecular flexibility index (Phi) is 7.21. The smallest absolute Gasteiger partial charge is 0.0717 e. The van der Waals surface area contributed by atoms with Crippen molar-refractivity contribution in [2.45, 2.75) is 43.0 Å². The molecular weight excluding hydrogens is 316 g/mol. The Balaban J connectivity index is 1.33. The molecule has 0 amide bonds. The highest BCUT2D eigenvalue weighted by Crippen LogP contribution is 2.32. The fraction of sp³-hybridized carbons (Fsp3) is 0.429. The van der Waals surface area contributed by atoms with E-state index >= 15 is 0 Å². The van der Waals surface area contributed by atoms with Gasteiger partial charge in [0.1, 0.15) is 0 Å². The predicted octanol–water partition coefficient (Wildman–Crippen LogP) is 5.07. The van der Waals surface area contributed by atoms with Crippen LogP contribution >= 0.6 is 11.8 Å². The molecule has 3 rings (SSSR count). The van der Waals surface area contributed by atoms with Gasteiger partial charge in [-0.1, -0.05) is 67.1 Å². The number of ether oxygens (including phenoxy) is 2. The first-order valence-electron chi connectivity index (χ1n) is 8.79. The zero-order valence-electron chi connectivity index (χ0n) is 14.1. The highest BCUT2D eigenvalue weighted by atomic mass is 32.2. The van der Waals surface area contributed by atoms with Gasteiger partial charge in [0.15, 0.2) is 0 Å². The summed E-state index contributed by atoms with van der Waals surface area (Å²) in [5.74, 6) is 0. The molecule has 1 aliphatic heterocycles. The van der Waals surface area contributed by atoms with Gasteiger partial charge in [-0.3, -0.25) is 0 Å². The Hall–Kier alpha value is -1.29. The number of benzene rings is 2.